The van der Waals surface area contributed by atoms with Gasteiger partial charge in [-0.2, -0.15) is 0 Å². The quantitative estimate of drug-likeness (QED) is 0.159. The van der Waals surface area contributed by atoms with E-state index in [-0.39, 0.29) is 16.7 Å². The summed E-state index contributed by atoms with van der Waals surface area (Å²) in [6.45, 7) is 9.71. The number of rotatable bonds is 6. The van der Waals surface area contributed by atoms with Crippen LogP contribution in [0.15, 0.2) is 164 Å². The Morgan fingerprint density at radius 1 is 0.464 bits per heavy atom. The second kappa shape index (κ2) is 12.4. The Balaban J connectivity index is 0.986. The molecule has 0 fully saturated rings. The molecule has 1 atom stereocenters. The lowest BCUT2D eigenvalue weighted by atomic mass is 9.77. The van der Waals surface area contributed by atoms with E-state index in [0.29, 0.717) is 0 Å². The van der Waals surface area contributed by atoms with Crippen molar-refractivity contribution in [1.82, 2.24) is 0 Å². The maximum absolute atomic E-state index is 2.57. The maximum atomic E-state index is 2.57. The number of hydrogen-bond acceptors (Lipinski definition) is 1. The molecule has 2 aliphatic rings. The molecule has 0 spiro atoms. The van der Waals surface area contributed by atoms with E-state index in [1.165, 1.54) is 103 Å². The average molecular weight is 737 g/mol. The lowest BCUT2D eigenvalue weighted by molar-refractivity contribution is 0.638. The van der Waals surface area contributed by atoms with Crippen molar-refractivity contribution in [3.05, 3.63) is 203 Å². The third-order valence-electron chi connectivity index (χ3n) is 13.4. The molecule has 0 aliphatic heterocycles. The number of fused-ring (bicyclic) bond motifs is 10. The number of thiophene rings is 1. The largest absolute Gasteiger partial charge is 0.135 e. The molecule has 0 saturated carbocycles. The number of hydrogen-bond donors (Lipinski definition) is 0. The van der Waals surface area contributed by atoms with E-state index in [9.17, 15) is 0 Å². The topological polar surface area (TPSA) is 0 Å². The molecule has 0 saturated heterocycles. The monoisotopic (exact) mass is 736 g/mol. The van der Waals surface area contributed by atoms with Gasteiger partial charge in [0, 0.05) is 36.9 Å². The van der Waals surface area contributed by atoms with Gasteiger partial charge in [0.2, 0.25) is 0 Å². The minimum Gasteiger partial charge on any atom is -0.135 e. The van der Waals surface area contributed by atoms with Crippen LogP contribution < -0.4 is 0 Å². The smallest absolute Gasteiger partial charge is 0.0358 e. The molecule has 1 aromatic heterocycles. The average Bonchev–Trinajstić information content (AvgIpc) is 3.79. The third kappa shape index (κ3) is 4.97. The van der Waals surface area contributed by atoms with Gasteiger partial charge >= 0.3 is 0 Å². The van der Waals surface area contributed by atoms with Crippen molar-refractivity contribution in [2.24, 2.45) is 0 Å². The SMILES string of the molecule is CC1(C)c2cc(CCC(c3ccc4c(c3)sc3ccccc34)c3cccc4ccccc34)ccc2-c2cc3c(cc21)C(C)(C)c1cccc(-c2ccccc2)c1-3. The van der Waals surface area contributed by atoms with Crippen LogP contribution in [0.1, 0.15) is 79.0 Å². The van der Waals surface area contributed by atoms with Crippen LogP contribution >= 0.6 is 11.3 Å². The molecule has 0 N–H and O–H groups in total. The van der Waals surface area contributed by atoms with E-state index in [4.69, 9.17) is 0 Å². The molecular formula is C55H44S. The standard InChI is InChI=1S/C55H44S/c1-54(2)47-22-13-20-40(36-14-6-5-7-15-36)53(47)46-32-45-42-28-25-34(30-48(42)55(3,4)49(45)33-50(46)54)24-27-39(41-21-12-17-35-16-8-9-18-38(35)41)37-26-29-44-43-19-10-11-23-51(43)56-52(44)31-37/h5-23,25-26,28-33,39H,24,27H2,1-4H3. The fraction of sp³-hybridized carbons (Fsp3) is 0.164. The van der Waals surface area contributed by atoms with Crippen LogP contribution in [0.5, 0.6) is 0 Å². The van der Waals surface area contributed by atoms with Gasteiger partial charge in [0.1, 0.15) is 0 Å². The molecule has 1 unspecified atom stereocenters. The van der Waals surface area contributed by atoms with Crippen LogP contribution in [0.2, 0.25) is 0 Å². The molecule has 0 bridgehead atoms. The summed E-state index contributed by atoms with van der Waals surface area (Å²) in [5.74, 6) is 0.276. The minimum atomic E-state index is -0.0932. The molecule has 0 radical (unpaired) electrons. The predicted octanol–water partition coefficient (Wildman–Crippen LogP) is 15.3. The van der Waals surface area contributed by atoms with E-state index >= 15 is 0 Å². The summed E-state index contributed by atoms with van der Waals surface area (Å²) >= 11 is 1.92. The van der Waals surface area contributed by atoms with Gasteiger partial charge in [-0.15, -0.1) is 11.3 Å². The first-order valence-corrected chi connectivity index (χ1v) is 21.0. The van der Waals surface area contributed by atoms with Gasteiger partial charge in [0.25, 0.3) is 0 Å². The molecular weight excluding hydrogens is 693 g/mol. The zero-order chi connectivity index (χ0) is 37.8. The first-order chi connectivity index (χ1) is 27.3. The Morgan fingerprint density at radius 2 is 1.16 bits per heavy atom. The molecule has 0 nitrogen and oxygen atoms in total. The minimum absolute atomic E-state index is 0.0734. The van der Waals surface area contributed by atoms with E-state index in [1.807, 2.05) is 11.3 Å². The molecule has 9 aromatic rings. The van der Waals surface area contributed by atoms with Crippen molar-refractivity contribution >= 4 is 42.3 Å². The van der Waals surface area contributed by atoms with E-state index in [0.717, 1.165) is 12.8 Å². The van der Waals surface area contributed by atoms with Crippen LogP contribution in [0.3, 0.4) is 0 Å². The molecule has 1 heteroatoms. The first-order valence-electron chi connectivity index (χ1n) is 20.2. The lowest BCUT2D eigenvalue weighted by Crippen LogP contribution is -2.19. The zero-order valence-electron chi connectivity index (χ0n) is 32.5. The van der Waals surface area contributed by atoms with Gasteiger partial charge in [-0.1, -0.05) is 173 Å². The Hall–Kier alpha value is -5.76. The van der Waals surface area contributed by atoms with E-state index in [2.05, 4.69) is 191 Å². The van der Waals surface area contributed by atoms with Crippen LogP contribution in [0.25, 0.3) is 64.3 Å². The van der Waals surface area contributed by atoms with E-state index < -0.39 is 0 Å². The summed E-state index contributed by atoms with van der Waals surface area (Å²) in [6, 6.07) is 62.2. The Morgan fingerprint density at radius 3 is 2.04 bits per heavy atom. The summed E-state index contributed by atoms with van der Waals surface area (Å²) < 4.78 is 2.73. The Kier molecular flexibility index (Phi) is 7.42. The van der Waals surface area contributed by atoms with Crippen LogP contribution in [-0.4, -0.2) is 0 Å². The number of benzene rings is 8. The summed E-state index contributed by atoms with van der Waals surface area (Å²) in [5.41, 5.74) is 18.1. The summed E-state index contributed by atoms with van der Waals surface area (Å²) in [4.78, 5) is 0. The lowest BCUT2D eigenvalue weighted by Gasteiger charge is -2.26. The van der Waals surface area contributed by atoms with Crippen molar-refractivity contribution in [1.29, 1.82) is 0 Å². The highest BCUT2D eigenvalue weighted by atomic mass is 32.1. The fourth-order valence-corrected chi connectivity index (χ4v) is 11.6. The molecule has 2 aliphatic carbocycles. The van der Waals surface area contributed by atoms with E-state index in [1.54, 1.807) is 0 Å². The maximum Gasteiger partial charge on any atom is 0.0358 e. The van der Waals surface area contributed by atoms with Crippen LogP contribution in [0, 0.1) is 0 Å². The van der Waals surface area contributed by atoms with Crippen LogP contribution in [0.4, 0.5) is 0 Å². The third-order valence-corrected chi connectivity index (χ3v) is 14.5. The highest BCUT2D eigenvalue weighted by Gasteiger charge is 2.42. The summed E-state index contributed by atoms with van der Waals surface area (Å²) in [7, 11) is 0. The molecule has 8 aromatic carbocycles. The predicted molar refractivity (Wildman–Crippen MR) is 240 cm³/mol. The zero-order valence-corrected chi connectivity index (χ0v) is 33.3. The van der Waals surface area contributed by atoms with Crippen molar-refractivity contribution in [3.63, 3.8) is 0 Å². The molecule has 270 valence electrons. The molecule has 56 heavy (non-hydrogen) atoms. The highest BCUT2D eigenvalue weighted by molar-refractivity contribution is 7.25. The Bertz CT molecular complexity index is 3020. The second-order valence-corrected chi connectivity index (χ2v) is 18.3. The molecule has 11 rings (SSSR count). The number of aryl methyl sites for hydroxylation is 1. The van der Waals surface area contributed by atoms with Gasteiger partial charge in [-0.05, 0) is 114 Å². The first kappa shape index (κ1) is 33.6. The summed E-state index contributed by atoms with van der Waals surface area (Å²) in [6.07, 6.45) is 2.05. The van der Waals surface area contributed by atoms with Gasteiger partial charge in [-0.3, -0.25) is 0 Å². The van der Waals surface area contributed by atoms with Crippen LogP contribution in [-0.2, 0) is 17.3 Å². The van der Waals surface area contributed by atoms with Crippen molar-refractivity contribution < 1.29 is 0 Å². The van der Waals surface area contributed by atoms with Crippen molar-refractivity contribution in [3.8, 4) is 33.4 Å². The second-order valence-electron chi connectivity index (χ2n) is 17.2. The summed E-state index contributed by atoms with van der Waals surface area (Å²) in [5, 5.41) is 5.39. The normalized spacial score (nSPS) is 15.1. The van der Waals surface area contributed by atoms with Crippen molar-refractivity contribution in [2.45, 2.75) is 57.3 Å². The van der Waals surface area contributed by atoms with Gasteiger partial charge in [0.15, 0.2) is 0 Å². The van der Waals surface area contributed by atoms with Gasteiger partial charge < -0.3 is 0 Å². The van der Waals surface area contributed by atoms with Crippen molar-refractivity contribution in [2.75, 3.05) is 0 Å². The molecule has 1 heterocycles. The fourth-order valence-electron chi connectivity index (χ4n) is 10.4. The highest BCUT2D eigenvalue weighted by Crippen LogP contribution is 2.58. The van der Waals surface area contributed by atoms with Gasteiger partial charge in [0.05, 0.1) is 0 Å². The van der Waals surface area contributed by atoms with Gasteiger partial charge in [-0.25, -0.2) is 0 Å². The Labute approximate surface area is 334 Å². The molecule has 0 amide bonds.